The molecular formula is C16H24ClNO2. The van der Waals surface area contributed by atoms with Crippen molar-refractivity contribution < 1.29 is 9.47 Å². The van der Waals surface area contributed by atoms with Gasteiger partial charge in [0.05, 0.1) is 14.2 Å². The van der Waals surface area contributed by atoms with Gasteiger partial charge in [-0.3, -0.25) is 0 Å². The zero-order valence-electron chi connectivity index (χ0n) is 12.4. The van der Waals surface area contributed by atoms with Crippen LogP contribution in [0.3, 0.4) is 0 Å². The Labute approximate surface area is 127 Å². The number of halogens is 1. The highest BCUT2D eigenvalue weighted by molar-refractivity contribution is 5.85. The highest BCUT2D eigenvalue weighted by Crippen LogP contribution is 2.43. The van der Waals surface area contributed by atoms with E-state index in [-0.39, 0.29) is 12.4 Å². The van der Waals surface area contributed by atoms with Crippen molar-refractivity contribution in [2.75, 3.05) is 14.2 Å². The summed E-state index contributed by atoms with van der Waals surface area (Å²) in [5.41, 5.74) is 1.36. The molecule has 1 saturated carbocycles. The monoisotopic (exact) mass is 297 g/mol. The summed E-state index contributed by atoms with van der Waals surface area (Å²) in [6.45, 7) is 2.30. The maximum absolute atomic E-state index is 5.41. The van der Waals surface area contributed by atoms with Crippen molar-refractivity contribution in [1.29, 1.82) is 0 Å². The zero-order valence-corrected chi connectivity index (χ0v) is 13.2. The smallest absolute Gasteiger partial charge is 0.160 e. The largest absolute Gasteiger partial charge is 0.493 e. The van der Waals surface area contributed by atoms with Gasteiger partial charge >= 0.3 is 0 Å². The highest BCUT2D eigenvalue weighted by atomic mass is 35.5. The summed E-state index contributed by atoms with van der Waals surface area (Å²) in [6, 6.07) is 7.60. The van der Waals surface area contributed by atoms with Gasteiger partial charge in [0.1, 0.15) is 0 Å². The molecule has 1 saturated heterocycles. The molecule has 0 bridgehead atoms. The Morgan fingerprint density at radius 2 is 1.80 bits per heavy atom. The summed E-state index contributed by atoms with van der Waals surface area (Å²) in [7, 11) is 3.38. The minimum atomic E-state index is 0. The van der Waals surface area contributed by atoms with E-state index in [1.165, 1.54) is 24.8 Å². The normalized spacial score (nSPS) is 28.9. The quantitative estimate of drug-likeness (QED) is 0.924. The fourth-order valence-electron chi connectivity index (χ4n) is 3.33. The molecule has 1 aromatic carbocycles. The molecule has 0 radical (unpaired) electrons. The summed E-state index contributed by atoms with van der Waals surface area (Å²) in [6.07, 6.45) is 4.06. The third kappa shape index (κ3) is 2.89. The van der Waals surface area contributed by atoms with Crippen LogP contribution in [0.15, 0.2) is 18.2 Å². The van der Waals surface area contributed by atoms with Crippen molar-refractivity contribution in [2.45, 2.75) is 44.2 Å². The average molecular weight is 298 g/mol. The van der Waals surface area contributed by atoms with Gasteiger partial charge in [0.25, 0.3) is 0 Å². The van der Waals surface area contributed by atoms with Crippen LogP contribution < -0.4 is 14.8 Å². The molecule has 1 aromatic rings. The van der Waals surface area contributed by atoms with Gasteiger partial charge in [0.2, 0.25) is 0 Å². The summed E-state index contributed by atoms with van der Waals surface area (Å²) in [5.74, 6) is 3.16. The molecule has 0 spiro atoms. The molecule has 1 heterocycles. The number of methoxy groups -OCH3 is 2. The predicted octanol–water partition coefficient (Wildman–Crippen LogP) is 3.37. The molecular weight excluding hydrogens is 274 g/mol. The Hall–Kier alpha value is -0.930. The van der Waals surface area contributed by atoms with Crippen LogP contribution in [-0.4, -0.2) is 26.3 Å². The van der Waals surface area contributed by atoms with Crippen molar-refractivity contribution in [1.82, 2.24) is 5.32 Å². The van der Waals surface area contributed by atoms with E-state index in [4.69, 9.17) is 9.47 Å². The van der Waals surface area contributed by atoms with Gasteiger partial charge in [-0.05, 0) is 49.8 Å². The molecule has 1 N–H and O–H groups in total. The van der Waals surface area contributed by atoms with Gasteiger partial charge in [-0.25, -0.2) is 0 Å². The lowest BCUT2D eigenvalue weighted by Crippen LogP contribution is -2.29. The molecule has 2 aliphatic rings. The van der Waals surface area contributed by atoms with E-state index < -0.39 is 0 Å². The SMILES string of the molecule is COc1ccc(C2CC(C3CC3)NC2C)cc1OC.Cl. The number of benzene rings is 1. The molecule has 3 rings (SSSR count). The van der Waals surface area contributed by atoms with Gasteiger partial charge in [0.15, 0.2) is 11.5 Å². The van der Waals surface area contributed by atoms with E-state index in [0.29, 0.717) is 18.0 Å². The number of ether oxygens (including phenoxy) is 2. The predicted molar refractivity (Wildman–Crippen MR) is 83.3 cm³/mol. The standard InChI is InChI=1S/C16H23NO2.ClH/c1-10-13(9-14(17-10)11-4-5-11)12-6-7-15(18-2)16(8-12)19-3;/h6-8,10-11,13-14,17H,4-5,9H2,1-3H3;1H. The van der Waals surface area contributed by atoms with Crippen LogP contribution in [0.4, 0.5) is 0 Å². The topological polar surface area (TPSA) is 30.5 Å². The van der Waals surface area contributed by atoms with Crippen LogP contribution in [0, 0.1) is 5.92 Å². The van der Waals surface area contributed by atoms with Gasteiger partial charge < -0.3 is 14.8 Å². The summed E-state index contributed by atoms with van der Waals surface area (Å²) >= 11 is 0. The van der Waals surface area contributed by atoms with Crippen LogP contribution in [0.5, 0.6) is 11.5 Å². The Morgan fingerprint density at radius 1 is 1.10 bits per heavy atom. The van der Waals surface area contributed by atoms with Crippen molar-refractivity contribution in [3.63, 3.8) is 0 Å². The second-order valence-electron chi connectivity index (χ2n) is 5.86. The second kappa shape index (κ2) is 6.23. The Balaban J connectivity index is 0.00000147. The molecule has 112 valence electrons. The second-order valence-corrected chi connectivity index (χ2v) is 5.86. The lowest BCUT2D eigenvalue weighted by Gasteiger charge is -2.17. The molecule has 3 unspecified atom stereocenters. The van der Waals surface area contributed by atoms with Crippen LogP contribution in [0.2, 0.25) is 0 Å². The van der Waals surface area contributed by atoms with E-state index in [1.54, 1.807) is 14.2 Å². The van der Waals surface area contributed by atoms with Crippen molar-refractivity contribution in [3.05, 3.63) is 23.8 Å². The van der Waals surface area contributed by atoms with E-state index >= 15 is 0 Å². The molecule has 0 aromatic heterocycles. The fraction of sp³-hybridized carbons (Fsp3) is 0.625. The van der Waals surface area contributed by atoms with E-state index in [2.05, 4.69) is 24.4 Å². The number of hydrogen-bond acceptors (Lipinski definition) is 3. The van der Waals surface area contributed by atoms with Crippen molar-refractivity contribution in [2.24, 2.45) is 5.92 Å². The van der Waals surface area contributed by atoms with Crippen molar-refractivity contribution >= 4 is 12.4 Å². The lowest BCUT2D eigenvalue weighted by molar-refractivity contribution is 0.354. The minimum absolute atomic E-state index is 0. The first kappa shape index (κ1) is 15.5. The lowest BCUT2D eigenvalue weighted by atomic mass is 9.90. The van der Waals surface area contributed by atoms with Crippen LogP contribution in [-0.2, 0) is 0 Å². The molecule has 1 aliphatic heterocycles. The molecule has 0 amide bonds. The molecule has 3 nitrogen and oxygen atoms in total. The van der Waals surface area contributed by atoms with Crippen LogP contribution in [0.1, 0.15) is 37.7 Å². The maximum atomic E-state index is 5.41. The Bertz CT molecular complexity index is 462. The summed E-state index contributed by atoms with van der Waals surface area (Å²) < 4.78 is 10.7. The first-order valence-corrected chi connectivity index (χ1v) is 7.21. The molecule has 1 aliphatic carbocycles. The van der Waals surface area contributed by atoms with Crippen LogP contribution in [0.25, 0.3) is 0 Å². The number of rotatable bonds is 4. The average Bonchev–Trinajstić information content (AvgIpc) is 3.21. The Morgan fingerprint density at radius 3 is 2.40 bits per heavy atom. The minimum Gasteiger partial charge on any atom is -0.493 e. The highest BCUT2D eigenvalue weighted by Gasteiger charge is 2.40. The van der Waals surface area contributed by atoms with E-state index in [9.17, 15) is 0 Å². The molecule has 2 fully saturated rings. The third-order valence-corrected chi connectivity index (χ3v) is 4.62. The first-order chi connectivity index (χ1) is 9.22. The fourth-order valence-corrected chi connectivity index (χ4v) is 3.33. The number of hydrogen-bond donors (Lipinski definition) is 1. The van der Waals surface area contributed by atoms with Crippen LogP contribution >= 0.6 is 12.4 Å². The Kier molecular flexibility index (Phi) is 4.82. The van der Waals surface area contributed by atoms with Crippen molar-refractivity contribution in [3.8, 4) is 11.5 Å². The molecule has 20 heavy (non-hydrogen) atoms. The third-order valence-electron chi connectivity index (χ3n) is 4.62. The molecule has 3 atom stereocenters. The van der Waals surface area contributed by atoms with E-state index in [1.807, 2.05) is 6.07 Å². The van der Waals surface area contributed by atoms with Gasteiger partial charge in [-0.1, -0.05) is 6.07 Å². The van der Waals surface area contributed by atoms with E-state index in [0.717, 1.165) is 17.4 Å². The summed E-state index contributed by atoms with van der Waals surface area (Å²) in [4.78, 5) is 0. The summed E-state index contributed by atoms with van der Waals surface area (Å²) in [5, 5.41) is 3.76. The molecule has 4 heteroatoms. The maximum Gasteiger partial charge on any atom is 0.160 e. The number of nitrogens with one attached hydrogen (secondary N) is 1. The first-order valence-electron chi connectivity index (χ1n) is 7.21. The van der Waals surface area contributed by atoms with Gasteiger partial charge in [-0.2, -0.15) is 0 Å². The van der Waals surface area contributed by atoms with Gasteiger partial charge in [0, 0.05) is 18.0 Å². The zero-order chi connectivity index (χ0) is 13.4. The van der Waals surface area contributed by atoms with Gasteiger partial charge in [-0.15, -0.1) is 12.4 Å².